The van der Waals surface area contributed by atoms with Crippen molar-refractivity contribution in [3.05, 3.63) is 29.5 Å². The fraction of sp³-hybridized carbons (Fsp3) is 0.500. The Morgan fingerprint density at radius 2 is 1.82 bits per heavy atom. The van der Waals surface area contributed by atoms with Crippen LogP contribution >= 0.6 is 0 Å². The van der Waals surface area contributed by atoms with Crippen LogP contribution in [0.4, 0.5) is 5.69 Å². The molecule has 4 nitrogen and oxygen atoms in total. The van der Waals surface area contributed by atoms with Gasteiger partial charge in [0.25, 0.3) is 0 Å². The zero-order valence-corrected chi connectivity index (χ0v) is 13.8. The number of nitrogens with zero attached hydrogens (tertiary/aromatic N) is 2. The molecule has 0 radical (unpaired) electrons. The zero-order valence-electron chi connectivity index (χ0n) is 13.8. The van der Waals surface area contributed by atoms with Gasteiger partial charge >= 0.3 is 0 Å². The van der Waals surface area contributed by atoms with Crippen LogP contribution in [0.25, 0.3) is 10.9 Å². The second-order valence-corrected chi connectivity index (χ2v) is 6.05. The molecule has 3 rings (SSSR count). The molecule has 0 unspecified atom stereocenters. The average Bonchev–Trinajstić information content (AvgIpc) is 2.54. The maximum atomic E-state index is 5.50. The van der Waals surface area contributed by atoms with Gasteiger partial charge in [-0.05, 0) is 44.4 Å². The molecule has 0 bridgehead atoms. The molecule has 1 aliphatic rings. The smallest absolute Gasteiger partial charge is 0.121 e. The molecule has 1 fully saturated rings. The highest BCUT2D eigenvalue weighted by molar-refractivity contribution is 5.94. The first-order valence-corrected chi connectivity index (χ1v) is 7.86. The number of methoxy groups -OCH3 is 2. The van der Waals surface area contributed by atoms with E-state index < -0.39 is 0 Å². The number of fused-ring (bicyclic) bond motifs is 1. The highest BCUT2D eigenvalue weighted by Crippen LogP contribution is 2.34. The van der Waals surface area contributed by atoms with E-state index in [1.165, 1.54) is 16.6 Å². The summed E-state index contributed by atoms with van der Waals surface area (Å²) in [6.45, 7) is 6.18. The minimum absolute atomic E-state index is 0.379. The SMILES string of the molecule is COc1cc(N2CCC(OC)CC2)c2nc(C)cc(C)c2c1. The third-order valence-corrected chi connectivity index (χ3v) is 4.55. The number of anilines is 1. The highest BCUT2D eigenvalue weighted by Gasteiger charge is 2.22. The largest absolute Gasteiger partial charge is 0.497 e. The summed E-state index contributed by atoms with van der Waals surface area (Å²) in [5, 5.41) is 1.17. The maximum Gasteiger partial charge on any atom is 0.121 e. The van der Waals surface area contributed by atoms with Crippen LogP contribution in [0, 0.1) is 13.8 Å². The minimum atomic E-state index is 0.379. The molecule has 4 heteroatoms. The second-order valence-electron chi connectivity index (χ2n) is 6.05. The number of rotatable bonds is 3. The standard InChI is InChI=1S/C18H24N2O2/c1-12-9-13(2)19-18-16(12)10-15(22-4)11-17(18)20-7-5-14(21-3)6-8-20/h9-11,14H,5-8H2,1-4H3. The van der Waals surface area contributed by atoms with Crippen LogP contribution in [0.3, 0.4) is 0 Å². The number of piperidine rings is 1. The highest BCUT2D eigenvalue weighted by atomic mass is 16.5. The van der Waals surface area contributed by atoms with Gasteiger partial charge in [0, 0.05) is 37.3 Å². The second kappa shape index (κ2) is 6.13. The first-order chi connectivity index (χ1) is 10.6. The Balaban J connectivity index is 2.07. The number of pyridine rings is 1. The number of benzene rings is 1. The molecule has 1 saturated heterocycles. The van der Waals surface area contributed by atoms with E-state index in [1.54, 1.807) is 14.2 Å². The van der Waals surface area contributed by atoms with Gasteiger partial charge in [0.1, 0.15) is 5.75 Å². The molecule has 0 aliphatic carbocycles. The Hall–Kier alpha value is -1.81. The van der Waals surface area contributed by atoms with Gasteiger partial charge < -0.3 is 14.4 Å². The van der Waals surface area contributed by atoms with E-state index in [0.717, 1.165) is 42.9 Å². The molecule has 2 heterocycles. The third-order valence-electron chi connectivity index (χ3n) is 4.55. The number of hydrogen-bond donors (Lipinski definition) is 0. The van der Waals surface area contributed by atoms with E-state index in [1.807, 2.05) is 0 Å². The normalized spacial score (nSPS) is 16.3. The Labute approximate surface area is 132 Å². The molecule has 118 valence electrons. The van der Waals surface area contributed by atoms with Crippen molar-refractivity contribution in [1.29, 1.82) is 0 Å². The number of ether oxygens (including phenoxy) is 2. The summed E-state index contributed by atoms with van der Waals surface area (Å²) in [6.07, 6.45) is 2.49. The van der Waals surface area contributed by atoms with Crippen molar-refractivity contribution in [1.82, 2.24) is 4.98 Å². The van der Waals surface area contributed by atoms with Crippen molar-refractivity contribution >= 4 is 16.6 Å². The zero-order chi connectivity index (χ0) is 15.7. The topological polar surface area (TPSA) is 34.6 Å². The van der Waals surface area contributed by atoms with Gasteiger partial charge in [-0.2, -0.15) is 0 Å². The van der Waals surface area contributed by atoms with Gasteiger partial charge in [-0.1, -0.05) is 0 Å². The average molecular weight is 300 g/mol. The lowest BCUT2D eigenvalue weighted by atomic mass is 10.0. The van der Waals surface area contributed by atoms with Crippen LogP contribution < -0.4 is 9.64 Å². The molecular formula is C18H24N2O2. The van der Waals surface area contributed by atoms with Crippen LogP contribution in [0.15, 0.2) is 18.2 Å². The molecule has 1 aliphatic heterocycles. The van der Waals surface area contributed by atoms with E-state index in [2.05, 4.69) is 36.9 Å². The first-order valence-electron chi connectivity index (χ1n) is 7.86. The number of hydrogen-bond acceptors (Lipinski definition) is 4. The van der Waals surface area contributed by atoms with E-state index in [0.29, 0.717) is 6.10 Å². The summed E-state index contributed by atoms with van der Waals surface area (Å²) in [4.78, 5) is 7.21. The van der Waals surface area contributed by atoms with E-state index in [4.69, 9.17) is 14.5 Å². The van der Waals surface area contributed by atoms with Crippen LogP contribution in [0.1, 0.15) is 24.1 Å². The molecule has 0 N–H and O–H groups in total. The van der Waals surface area contributed by atoms with Crippen molar-refractivity contribution in [3.63, 3.8) is 0 Å². The molecule has 0 spiro atoms. The van der Waals surface area contributed by atoms with Gasteiger partial charge in [-0.3, -0.25) is 4.98 Å². The molecule has 22 heavy (non-hydrogen) atoms. The Morgan fingerprint density at radius 3 is 2.45 bits per heavy atom. The van der Waals surface area contributed by atoms with Gasteiger partial charge in [-0.15, -0.1) is 0 Å². The van der Waals surface area contributed by atoms with Crippen LogP contribution in [0.5, 0.6) is 5.75 Å². The Bertz CT molecular complexity index is 676. The molecule has 0 saturated carbocycles. The van der Waals surface area contributed by atoms with E-state index >= 15 is 0 Å². The van der Waals surface area contributed by atoms with Gasteiger partial charge in [0.15, 0.2) is 0 Å². The lowest BCUT2D eigenvalue weighted by Crippen LogP contribution is -2.36. The predicted molar refractivity (Wildman–Crippen MR) is 90.0 cm³/mol. The van der Waals surface area contributed by atoms with Crippen molar-refractivity contribution in [3.8, 4) is 5.75 Å². The number of aromatic nitrogens is 1. The molecular weight excluding hydrogens is 276 g/mol. The summed E-state index contributed by atoms with van der Waals surface area (Å²) in [5.41, 5.74) is 4.56. The van der Waals surface area contributed by atoms with Crippen molar-refractivity contribution < 1.29 is 9.47 Å². The quantitative estimate of drug-likeness (QED) is 0.869. The summed E-state index contributed by atoms with van der Waals surface area (Å²) in [6, 6.07) is 6.33. The first kappa shape index (κ1) is 15.1. The van der Waals surface area contributed by atoms with Gasteiger partial charge in [-0.25, -0.2) is 0 Å². The Morgan fingerprint density at radius 1 is 1.09 bits per heavy atom. The van der Waals surface area contributed by atoms with E-state index in [-0.39, 0.29) is 0 Å². The summed E-state index contributed by atoms with van der Waals surface area (Å²) < 4.78 is 11.0. The Kier molecular flexibility index (Phi) is 4.21. The molecule has 1 aromatic carbocycles. The molecule has 0 atom stereocenters. The summed E-state index contributed by atoms with van der Waals surface area (Å²) >= 11 is 0. The van der Waals surface area contributed by atoms with Crippen molar-refractivity contribution in [2.75, 3.05) is 32.2 Å². The molecule has 1 aromatic heterocycles. The van der Waals surface area contributed by atoms with Crippen LogP contribution in [0.2, 0.25) is 0 Å². The van der Waals surface area contributed by atoms with Crippen molar-refractivity contribution in [2.24, 2.45) is 0 Å². The lowest BCUT2D eigenvalue weighted by Gasteiger charge is -2.33. The fourth-order valence-corrected chi connectivity index (χ4v) is 3.30. The minimum Gasteiger partial charge on any atom is -0.497 e. The maximum absolute atomic E-state index is 5.50. The van der Waals surface area contributed by atoms with Gasteiger partial charge in [0.2, 0.25) is 0 Å². The molecule has 2 aromatic rings. The predicted octanol–water partition coefficient (Wildman–Crippen LogP) is 3.48. The number of aryl methyl sites for hydroxylation is 2. The molecule has 0 amide bonds. The van der Waals surface area contributed by atoms with Crippen LogP contribution in [-0.2, 0) is 4.74 Å². The summed E-state index contributed by atoms with van der Waals surface area (Å²) in [7, 11) is 3.52. The third kappa shape index (κ3) is 2.75. The van der Waals surface area contributed by atoms with E-state index in [9.17, 15) is 0 Å². The fourth-order valence-electron chi connectivity index (χ4n) is 3.30. The summed E-state index contributed by atoms with van der Waals surface area (Å²) in [5.74, 6) is 0.894. The van der Waals surface area contributed by atoms with Gasteiger partial charge in [0.05, 0.1) is 24.4 Å². The van der Waals surface area contributed by atoms with Crippen LogP contribution in [-0.4, -0.2) is 38.4 Å². The lowest BCUT2D eigenvalue weighted by molar-refractivity contribution is 0.0819. The van der Waals surface area contributed by atoms with Crippen molar-refractivity contribution in [2.45, 2.75) is 32.8 Å². The monoisotopic (exact) mass is 300 g/mol.